The van der Waals surface area contributed by atoms with Gasteiger partial charge >= 0.3 is 0 Å². The highest BCUT2D eigenvalue weighted by Crippen LogP contribution is 2.26. The van der Waals surface area contributed by atoms with E-state index < -0.39 is 11.6 Å². The van der Waals surface area contributed by atoms with E-state index in [0.29, 0.717) is 22.1 Å². The van der Waals surface area contributed by atoms with Gasteiger partial charge in [0.1, 0.15) is 17.2 Å². The Labute approximate surface area is 123 Å². The van der Waals surface area contributed by atoms with Crippen LogP contribution in [0.1, 0.15) is 5.82 Å². The molecule has 0 aliphatic carbocycles. The smallest absolute Gasteiger partial charge is 0.153 e. The Morgan fingerprint density at radius 2 is 1.95 bits per heavy atom. The van der Waals surface area contributed by atoms with Crippen LogP contribution in [0.4, 0.5) is 8.78 Å². The van der Waals surface area contributed by atoms with Crippen molar-refractivity contribution in [2.45, 2.75) is 5.88 Å². The van der Waals surface area contributed by atoms with E-state index in [1.54, 1.807) is 28.8 Å². The van der Waals surface area contributed by atoms with Crippen molar-refractivity contribution in [1.29, 1.82) is 0 Å². The Hall–Kier alpha value is -1.65. The molecule has 0 aliphatic rings. The SMILES string of the molecule is Fc1cc(F)c2nc(CCl)n(-c3cccc(Cl)c3)c2c1. The maximum absolute atomic E-state index is 13.8. The molecule has 0 unspecified atom stereocenters. The maximum atomic E-state index is 13.8. The molecular weight excluding hydrogens is 305 g/mol. The number of halogens is 4. The number of rotatable bonds is 2. The van der Waals surface area contributed by atoms with Gasteiger partial charge in [-0.3, -0.25) is 4.57 Å². The summed E-state index contributed by atoms with van der Waals surface area (Å²) in [6, 6.07) is 8.94. The second kappa shape index (κ2) is 5.04. The molecule has 1 heterocycles. The van der Waals surface area contributed by atoms with E-state index in [0.717, 1.165) is 6.07 Å². The third-order valence-corrected chi connectivity index (χ3v) is 3.41. The number of fused-ring (bicyclic) bond motifs is 1. The van der Waals surface area contributed by atoms with Gasteiger partial charge in [-0.05, 0) is 18.2 Å². The fraction of sp³-hybridized carbons (Fsp3) is 0.0714. The number of imidazole rings is 1. The lowest BCUT2D eigenvalue weighted by Gasteiger charge is -2.08. The topological polar surface area (TPSA) is 17.8 Å². The molecule has 0 fully saturated rings. The van der Waals surface area contributed by atoms with Gasteiger partial charge < -0.3 is 0 Å². The normalized spacial score (nSPS) is 11.2. The van der Waals surface area contributed by atoms with Crippen LogP contribution < -0.4 is 0 Å². The van der Waals surface area contributed by atoms with Crippen LogP contribution in [0.25, 0.3) is 16.7 Å². The van der Waals surface area contributed by atoms with Gasteiger partial charge in [-0.15, -0.1) is 11.6 Å². The molecule has 0 saturated heterocycles. The first-order valence-corrected chi connectivity index (χ1v) is 6.69. The third kappa shape index (κ3) is 2.15. The zero-order valence-electron chi connectivity index (χ0n) is 10.1. The molecule has 0 amide bonds. The number of nitrogens with zero attached hydrogens (tertiary/aromatic N) is 2. The van der Waals surface area contributed by atoms with Gasteiger partial charge in [0.15, 0.2) is 5.82 Å². The third-order valence-electron chi connectivity index (χ3n) is 2.93. The van der Waals surface area contributed by atoms with Crippen LogP contribution in [-0.4, -0.2) is 9.55 Å². The van der Waals surface area contributed by atoms with E-state index in [1.165, 1.54) is 6.07 Å². The van der Waals surface area contributed by atoms with Crippen LogP contribution in [0.15, 0.2) is 36.4 Å². The summed E-state index contributed by atoms with van der Waals surface area (Å²) in [6.45, 7) is 0. The van der Waals surface area contributed by atoms with E-state index in [1.807, 2.05) is 0 Å². The molecule has 0 atom stereocenters. The Kier molecular flexibility index (Phi) is 3.36. The molecule has 0 N–H and O–H groups in total. The highest BCUT2D eigenvalue weighted by molar-refractivity contribution is 6.30. The molecule has 0 spiro atoms. The Bertz CT molecular complexity index is 799. The molecule has 1 aromatic heterocycles. The van der Waals surface area contributed by atoms with E-state index in [2.05, 4.69) is 4.98 Å². The lowest BCUT2D eigenvalue weighted by molar-refractivity contribution is 0.590. The van der Waals surface area contributed by atoms with Gasteiger partial charge in [-0.2, -0.15) is 0 Å². The summed E-state index contributed by atoms with van der Waals surface area (Å²) in [4.78, 5) is 4.12. The molecule has 20 heavy (non-hydrogen) atoms. The highest BCUT2D eigenvalue weighted by atomic mass is 35.5. The van der Waals surface area contributed by atoms with Crippen LogP contribution in [0.2, 0.25) is 5.02 Å². The second-order valence-electron chi connectivity index (χ2n) is 4.23. The summed E-state index contributed by atoms with van der Waals surface area (Å²) < 4.78 is 28.8. The van der Waals surface area contributed by atoms with Crippen molar-refractivity contribution in [3.8, 4) is 5.69 Å². The maximum Gasteiger partial charge on any atom is 0.153 e. The minimum absolute atomic E-state index is 0.0717. The first kappa shape index (κ1) is 13.3. The lowest BCUT2D eigenvalue weighted by Crippen LogP contribution is -1.99. The fourth-order valence-corrected chi connectivity index (χ4v) is 2.51. The number of hydrogen-bond donors (Lipinski definition) is 0. The first-order chi connectivity index (χ1) is 9.60. The molecule has 0 radical (unpaired) electrons. The van der Waals surface area contributed by atoms with E-state index in [-0.39, 0.29) is 11.4 Å². The number of alkyl halides is 1. The molecule has 0 saturated carbocycles. The van der Waals surface area contributed by atoms with Gasteiger partial charge in [0.25, 0.3) is 0 Å². The average Bonchev–Trinajstić information content (AvgIpc) is 2.77. The minimum atomic E-state index is -0.716. The van der Waals surface area contributed by atoms with Crippen molar-refractivity contribution >= 4 is 34.2 Å². The van der Waals surface area contributed by atoms with E-state index >= 15 is 0 Å². The molecule has 2 aromatic carbocycles. The summed E-state index contributed by atoms with van der Waals surface area (Å²) >= 11 is 11.8. The van der Waals surface area contributed by atoms with Crippen LogP contribution in [0, 0.1) is 11.6 Å². The summed E-state index contributed by atoms with van der Waals surface area (Å²) in [5.41, 5.74) is 1.06. The fourth-order valence-electron chi connectivity index (χ4n) is 2.14. The van der Waals surface area contributed by atoms with Crippen LogP contribution in [-0.2, 0) is 5.88 Å². The van der Waals surface area contributed by atoms with Gasteiger partial charge in [0, 0.05) is 22.8 Å². The van der Waals surface area contributed by atoms with Crippen molar-refractivity contribution in [3.05, 3.63) is 58.9 Å². The van der Waals surface area contributed by atoms with Crippen molar-refractivity contribution in [2.75, 3.05) is 0 Å². The summed E-state index contributed by atoms with van der Waals surface area (Å²) in [6.07, 6.45) is 0. The molecule has 2 nitrogen and oxygen atoms in total. The minimum Gasteiger partial charge on any atom is -0.295 e. The van der Waals surface area contributed by atoms with Crippen molar-refractivity contribution in [2.24, 2.45) is 0 Å². The monoisotopic (exact) mass is 312 g/mol. The molecule has 6 heteroatoms. The number of hydrogen-bond acceptors (Lipinski definition) is 1. The van der Waals surface area contributed by atoms with E-state index in [9.17, 15) is 8.78 Å². The first-order valence-electron chi connectivity index (χ1n) is 5.78. The largest absolute Gasteiger partial charge is 0.295 e. The van der Waals surface area contributed by atoms with Crippen LogP contribution in [0.5, 0.6) is 0 Å². The van der Waals surface area contributed by atoms with Gasteiger partial charge in [0.2, 0.25) is 0 Å². The van der Waals surface area contributed by atoms with Gasteiger partial charge in [0.05, 0.1) is 11.4 Å². The summed E-state index contributed by atoms with van der Waals surface area (Å²) in [5.74, 6) is -0.887. The van der Waals surface area contributed by atoms with Crippen LogP contribution in [0.3, 0.4) is 0 Å². The molecule has 3 rings (SSSR count). The summed E-state index contributed by atoms with van der Waals surface area (Å²) in [7, 11) is 0. The zero-order valence-corrected chi connectivity index (χ0v) is 11.6. The van der Waals surface area contributed by atoms with Crippen molar-refractivity contribution in [3.63, 3.8) is 0 Å². The van der Waals surface area contributed by atoms with Gasteiger partial charge in [-0.1, -0.05) is 17.7 Å². The molecule has 102 valence electrons. The molecule has 0 aliphatic heterocycles. The number of benzene rings is 2. The quantitative estimate of drug-likeness (QED) is 0.627. The molecular formula is C14H8Cl2F2N2. The van der Waals surface area contributed by atoms with Gasteiger partial charge in [-0.25, -0.2) is 13.8 Å². The Morgan fingerprint density at radius 1 is 1.15 bits per heavy atom. The van der Waals surface area contributed by atoms with E-state index in [4.69, 9.17) is 23.2 Å². The van der Waals surface area contributed by atoms with Crippen LogP contribution >= 0.6 is 23.2 Å². The standard InChI is InChI=1S/C14H8Cl2F2N2/c15-7-13-19-14-11(18)5-9(17)6-12(14)20(13)10-3-1-2-8(16)4-10/h1-6H,7H2. The predicted octanol–water partition coefficient (Wildman–Crippen LogP) is 4.70. The lowest BCUT2D eigenvalue weighted by atomic mass is 10.2. The predicted molar refractivity (Wildman–Crippen MR) is 75.6 cm³/mol. The highest BCUT2D eigenvalue weighted by Gasteiger charge is 2.16. The van der Waals surface area contributed by atoms with Crippen molar-refractivity contribution in [1.82, 2.24) is 9.55 Å². The molecule has 3 aromatic rings. The Balaban J connectivity index is 2.38. The molecule has 0 bridgehead atoms. The van der Waals surface area contributed by atoms with Crippen molar-refractivity contribution < 1.29 is 8.78 Å². The average molecular weight is 313 g/mol. The Morgan fingerprint density at radius 3 is 2.65 bits per heavy atom. The summed E-state index contributed by atoms with van der Waals surface area (Å²) in [5, 5.41) is 0.516. The number of aromatic nitrogens is 2. The second-order valence-corrected chi connectivity index (χ2v) is 4.94. The zero-order chi connectivity index (χ0) is 14.3.